The molecule has 2 aliphatic rings. The SMILES string of the molecule is COCCC(CCCO)C1CCC(C2CCC(c3c(F)cc(-c4ccc(CCCCF)c(F)c4F)cc3F)CC2)CC1. The highest BCUT2D eigenvalue weighted by atomic mass is 19.2. The summed E-state index contributed by atoms with van der Waals surface area (Å²) in [5, 5.41) is 9.30. The largest absolute Gasteiger partial charge is 0.396 e. The van der Waals surface area contributed by atoms with Gasteiger partial charge >= 0.3 is 0 Å². The molecule has 0 spiro atoms. The molecule has 2 nitrogen and oxygen atoms in total. The highest BCUT2D eigenvalue weighted by Gasteiger charge is 2.35. The smallest absolute Gasteiger partial charge is 0.166 e. The second kappa shape index (κ2) is 16.2. The van der Waals surface area contributed by atoms with E-state index in [0.29, 0.717) is 30.1 Å². The maximum absolute atomic E-state index is 15.3. The predicted molar refractivity (Wildman–Crippen MR) is 157 cm³/mol. The minimum absolute atomic E-state index is 0.0197. The molecule has 0 saturated heterocycles. The fraction of sp³-hybridized carbons (Fsp3) is 0.657. The molecular weight excluding hydrogens is 547 g/mol. The van der Waals surface area contributed by atoms with E-state index in [1.54, 1.807) is 7.11 Å². The first kappa shape index (κ1) is 32.9. The molecule has 1 unspecified atom stereocenters. The molecular formula is C35H47F5O2. The molecule has 0 radical (unpaired) electrons. The van der Waals surface area contributed by atoms with Gasteiger partial charge in [0.25, 0.3) is 0 Å². The molecule has 42 heavy (non-hydrogen) atoms. The fourth-order valence-electron chi connectivity index (χ4n) is 7.75. The standard InChI is InChI=1S/C35H47F5O2/c1-42-20-17-23(6-4-19-41)24-7-9-25(10-8-24)26-11-13-27(14-12-26)33-31(37)21-29(22-32(33)38)30-16-15-28(5-2-3-18-36)34(39)35(30)40/h15-16,21-27,41H,2-14,17-20H2,1H3. The lowest BCUT2D eigenvalue weighted by atomic mass is 9.66. The average Bonchev–Trinajstić information content (AvgIpc) is 3.00. The summed E-state index contributed by atoms with van der Waals surface area (Å²) < 4.78 is 77.8. The normalized spacial score (nSPS) is 23.7. The topological polar surface area (TPSA) is 29.5 Å². The maximum Gasteiger partial charge on any atom is 0.166 e. The lowest BCUT2D eigenvalue weighted by molar-refractivity contribution is 0.103. The van der Waals surface area contributed by atoms with Crippen LogP contribution in [0.1, 0.15) is 101 Å². The van der Waals surface area contributed by atoms with Crippen molar-refractivity contribution in [2.75, 3.05) is 27.0 Å². The first-order chi connectivity index (χ1) is 20.4. The summed E-state index contributed by atoms with van der Waals surface area (Å²) in [6, 6.07) is 5.02. The van der Waals surface area contributed by atoms with Gasteiger partial charge in [0.15, 0.2) is 11.6 Å². The van der Waals surface area contributed by atoms with Crippen molar-refractivity contribution in [1.82, 2.24) is 0 Å². The van der Waals surface area contributed by atoms with Gasteiger partial charge in [-0.1, -0.05) is 12.1 Å². The van der Waals surface area contributed by atoms with Crippen LogP contribution in [-0.4, -0.2) is 32.1 Å². The van der Waals surface area contributed by atoms with E-state index in [2.05, 4.69) is 0 Å². The molecule has 0 aromatic heterocycles. The van der Waals surface area contributed by atoms with Crippen LogP contribution in [0.2, 0.25) is 0 Å². The molecule has 2 aromatic carbocycles. The molecule has 0 bridgehead atoms. The van der Waals surface area contributed by atoms with Gasteiger partial charge in [-0.25, -0.2) is 17.6 Å². The van der Waals surface area contributed by atoms with Crippen molar-refractivity contribution in [3.05, 3.63) is 58.7 Å². The van der Waals surface area contributed by atoms with Crippen molar-refractivity contribution in [2.45, 2.75) is 95.8 Å². The number of benzene rings is 2. The van der Waals surface area contributed by atoms with Crippen molar-refractivity contribution in [1.29, 1.82) is 0 Å². The van der Waals surface area contributed by atoms with E-state index < -0.39 is 29.9 Å². The zero-order valence-corrected chi connectivity index (χ0v) is 25.0. The third-order valence-electron chi connectivity index (χ3n) is 10.1. The van der Waals surface area contributed by atoms with E-state index >= 15 is 8.78 Å². The van der Waals surface area contributed by atoms with Crippen LogP contribution in [-0.2, 0) is 11.2 Å². The first-order valence-electron chi connectivity index (χ1n) is 16.0. The van der Waals surface area contributed by atoms with Gasteiger partial charge in [-0.2, -0.15) is 0 Å². The fourth-order valence-corrected chi connectivity index (χ4v) is 7.75. The highest BCUT2D eigenvalue weighted by molar-refractivity contribution is 5.65. The summed E-state index contributed by atoms with van der Waals surface area (Å²) in [5.41, 5.74) is 0.00883. The first-order valence-corrected chi connectivity index (χ1v) is 16.0. The zero-order chi connectivity index (χ0) is 30.1. The third-order valence-corrected chi connectivity index (χ3v) is 10.1. The van der Waals surface area contributed by atoms with E-state index in [0.717, 1.165) is 63.7 Å². The van der Waals surface area contributed by atoms with Gasteiger partial charge in [0.1, 0.15) is 11.6 Å². The molecule has 7 heteroatoms. The van der Waals surface area contributed by atoms with Crippen LogP contribution in [0, 0.1) is 46.9 Å². The van der Waals surface area contributed by atoms with Crippen molar-refractivity contribution in [3.63, 3.8) is 0 Å². The Morgan fingerprint density at radius 2 is 1.45 bits per heavy atom. The van der Waals surface area contributed by atoms with Gasteiger partial charge in [0.2, 0.25) is 0 Å². The predicted octanol–water partition coefficient (Wildman–Crippen LogP) is 9.71. The number of alkyl halides is 1. The summed E-state index contributed by atoms with van der Waals surface area (Å²) in [7, 11) is 1.74. The third kappa shape index (κ3) is 8.13. The molecule has 2 fully saturated rings. The van der Waals surface area contributed by atoms with Crippen LogP contribution in [0.4, 0.5) is 22.0 Å². The Labute approximate surface area is 248 Å². The van der Waals surface area contributed by atoms with Crippen molar-refractivity contribution in [2.24, 2.45) is 23.7 Å². The van der Waals surface area contributed by atoms with Crippen LogP contribution in [0.3, 0.4) is 0 Å². The average molecular weight is 595 g/mol. The Balaban J connectivity index is 1.35. The number of aryl methyl sites for hydroxylation is 1. The molecule has 2 saturated carbocycles. The van der Waals surface area contributed by atoms with Crippen molar-refractivity contribution < 1.29 is 31.8 Å². The van der Waals surface area contributed by atoms with Gasteiger partial charge in [-0.3, -0.25) is 4.39 Å². The minimum atomic E-state index is -1.13. The number of aliphatic hydroxyl groups is 1. The van der Waals surface area contributed by atoms with Crippen LogP contribution < -0.4 is 0 Å². The number of hydrogen-bond acceptors (Lipinski definition) is 2. The number of aliphatic hydroxyl groups excluding tert-OH is 1. The van der Waals surface area contributed by atoms with E-state index in [-0.39, 0.29) is 47.6 Å². The molecule has 4 rings (SSSR count). The number of methoxy groups -OCH3 is 1. The Bertz CT molecular complexity index is 1090. The number of hydrogen-bond donors (Lipinski definition) is 1. The lowest BCUT2D eigenvalue weighted by Crippen LogP contribution is -2.28. The monoisotopic (exact) mass is 594 g/mol. The van der Waals surface area contributed by atoms with E-state index in [1.807, 2.05) is 0 Å². The Morgan fingerprint density at radius 3 is 2.05 bits per heavy atom. The number of unbranched alkanes of at least 4 members (excludes halogenated alkanes) is 1. The summed E-state index contributed by atoms with van der Waals surface area (Å²) >= 11 is 0. The summed E-state index contributed by atoms with van der Waals surface area (Å²) in [6.45, 7) is 0.478. The van der Waals surface area contributed by atoms with Gasteiger partial charge < -0.3 is 9.84 Å². The number of halogens is 5. The van der Waals surface area contributed by atoms with Gasteiger partial charge in [-0.15, -0.1) is 0 Å². The maximum atomic E-state index is 15.3. The second-order valence-corrected chi connectivity index (χ2v) is 12.6. The van der Waals surface area contributed by atoms with Crippen LogP contribution in [0.15, 0.2) is 24.3 Å². The van der Waals surface area contributed by atoms with Gasteiger partial charge in [-0.05, 0) is 143 Å². The summed E-state index contributed by atoms with van der Waals surface area (Å²) in [5.74, 6) is -1.30. The van der Waals surface area contributed by atoms with Crippen LogP contribution in [0.5, 0.6) is 0 Å². The van der Waals surface area contributed by atoms with E-state index in [4.69, 9.17) is 4.74 Å². The summed E-state index contributed by atoms with van der Waals surface area (Å²) in [4.78, 5) is 0. The lowest BCUT2D eigenvalue weighted by Gasteiger charge is -2.40. The molecule has 0 amide bonds. The van der Waals surface area contributed by atoms with E-state index in [9.17, 15) is 18.3 Å². The number of rotatable bonds is 14. The van der Waals surface area contributed by atoms with Crippen molar-refractivity contribution >= 4 is 0 Å². The second-order valence-electron chi connectivity index (χ2n) is 12.6. The zero-order valence-electron chi connectivity index (χ0n) is 25.0. The summed E-state index contributed by atoms with van der Waals surface area (Å²) in [6.07, 6.45) is 11.9. The van der Waals surface area contributed by atoms with Crippen LogP contribution >= 0.6 is 0 Å². The molecule has 234 valence electrons. The molecule has 0 aliphatic heterocycles. The van der Waals surface area contributed by atoms with Crippen molar-refractivity contribution in [3.8, 4) is 11.1 Å². The Kier molecular flexibility index (Phi) is 12.7. The molecule has 2 aromatic rings. The number of ether oxygens (including phenoxy) is 1. The highest BCUT2D eigenvalue weighted by Crippen LogP contribution is 2.47. The molecule has 0 heterocycles. The molecule has 2 aliphatic carbocycles. The van der Waals surface area contributed by atoms with E-state index in [1.165, 1.54) is 37.8 Å². The minimum Gasteiger partial charge on any atom is -0.396 e. The Morgan fingerprint density at radius 1 is 0.810 bits per heavy atom. The van der Waals surface area contributed by atoms with Gasteiger partial charge in [0.05, 0.1) is 6.67 Å². The van der Waals surface area contributed by atoms with Gasteiger partial charge in [0, 0.05) is 31.5 Å². The quantitative estimate of drug-likeness (QED) is 0.174. The van der Waals surface area contributed by atoms with Crippen LogP contribution in [0.25, 0.3) is 11.1 Å². The molecule has 1 atom stereocenters. The Hall–Kier alpha value is -1.99. The molecule has 1 N–H and O–H groups in total.